The fraction of sp³-hybridized carbons (Fsp3) is 0.938. The Labute approximate surface area is 104 Å². The van der Waals surface area contributed by atoms with Gasteiger partial charge in [-0.25, -0.2) is 0 Å². The van der Waals surface area contributed by atoms with Crippen molar-refractivity contribution in [1.29, 1.82) is 0 Å². The molecule has 0 aromatic carbocycles. The van der Waals surface area contributed by atoms with Gasteiger partial charge in [0.1, 0.15) is 0 Å². The molecule has 0 N–H and O–H groups in total. The summed E-state index contributed by atoms with van der Waals surface area (Å²) in [7, 11) is 0. The first-order valence-electron chi connectivity index (χ1n) is 7.42. The number of hydrogen-bond acceptors (Lipinski definition) is 0. The maximum atomic E-state index is 4.02. The third kappa shape index (κ3) is 7.30. The summed E-state index contributed by atoms with van der Waals surface area (Å²) in [5.41, 5.74) is 0. The van der Waals surface area contributed by atoms with Gasteiger partial charge in [0.05, 0.1) is 0 Å². The molecule has 0 spiro atoms. The Morgan fingerprint density at radius 1 is 0.812 bits per heavy atom. The zero-order valence-electron chi connectivity index (χ0n) is 12.1. The molecular weight excluding hydrogens is 192 g/mol. The van der Waals surface area contributed by atoms with Crippen molar-refractivity contribution < 1.29 is 0 Å². The standard InChI is InChI=1S/C16H33/c1-6-8-9-10-11-12-13-15(4)16(5)14(3)7-2/h14-16H,2,6-13H2,1,3-5H3. The first-order valence-corrected chi connectivity index (χ1v) is 7.42. The molecule has 1 radical (unpaired) electrons. The van der Waals surface area contributed by atoms with Gasteiger partial charge >= 0.3 is 0 Å². The van der Waals surface area contributed by atoms with Crippen LogP contribution in [0.15, 0.2) is 0 Å². The van der Waals surface area contributed by atoms with Gasteiger partial charge in [-0.05, 0) is 17.8 Å². The molecule has 3 atom stereocenters. The van der Waals surface area contributed by atoms with Crippen LogP contribution in [0, 0.1) is 24.7 Å². The Bertz CT molecular complexity index is 139. The molecule has 0 aliphatic rings. The van der Waals surface area contributed by atoms with Crippen LogP contribution in [0.2, 0.25) is 0 Å². The highest BCUT2D eigenvalue weighted by atomic mass is 14.2. The average Bonchev–Trinajstić information content (AvgIpc) is 2.31. The summed E-state index contributed by atoms with van der Waals surface area (Å²) in [6, 6.07) is 0. The smallest absolute Gasteiger partial charge is 0.0391 e. The van der Waals surface area contributed by atoms with Crippen molar-refractivity contribution in [1.82, 2.24) is 0 Å². The minimum absolute atomic E-state index is 0.787. The lowest BCUT2D eigenvalue weighted by Gasteiger charge is -2.25. The third-order valence-corrected chi connectivity index (χ3v) is 4.26. The normalized spacial score (nSPS) is 17.1. The molecule has 0 fully saturated rings. The second-order valence-electron chi connectivity index (χ2n) is 5.66. The van der Waals surface area contributed by atoms with Gasteiger partial charge in [-0.15, -0.1) is 0 Å². The van der Waals surface area contributed by atoms with E-state index in [0.717, 1.165) is 24.2 Å². The van der Waals surface area contributed by atoms with Crippen molar-refractivity contribution in [3.63, 3.8) is 0 Å². The van der Waals surface area contributed by atoms with Crippen molar-refractivity contribution in [2.75, 3.05) is 0 Å². The molecule has 0 heterocycles. The van der Waals surface area contributed by atoms with Gasteiger partial charge in [0, 0.05) is 0 Å². The molecule has 0 saturated carbocycles. The van der Waals surface area contributed by atoms with Gasteiger partial charge in [0.25, 0.3) is 0 Å². The summed E-state index contributed by atoms with van der Waals surface area (Å²) in [5.74, 6) is 2.51. The SMILES string of the molecule is [CH2]CC(C)C(C)C(C)CCCCCCCC. The molecule has 0 nitrogen and oxygen atoms in total. The van der Waals surface area contributed by atoms with E-state index >= 15 is 0 Å². The number of hydrogen-bond donors (Lipinski definition) is 0. The molecule has 0 amide bonds. The molecule has 0 aromatic heterocycles. The van der Waals surface area contributed by atoms with Crippen LogP contribution in [0.4, 0.5) is 0 Å². The molecule has 0 saturated heterocycles. The van der Waals surface area contributed by atoms with Gasteiger partial charge in [-0.3, -0.25) is 0 Å². The highest BCUT2D eigenvalue weighted by molar-refractivity contribution is 4.69. The van der Waals surface area contributed by atoms with E-state index in [-0.39, 0.29) is 0 Å². The predicted octanol–water partition coefficient (Wildman–Crippen LogP) is 5.87. The lowest BCUT2D eigenvalue weighted by Crippen LogP contribution is -2.16. The fourth-order valence-corrected chi connectivity index (χ4v) is 2.33. The van der Waals surface area contributed by atoms with Crippen molar-refractivity contribution >= 4 is 0 Å². The van der Waals surface area contributed by atoms with Gasteiger partial charge in [0.15, 0.2) is 0 Å². The van der Waals surface area contributed by atoms with Crippen LogP contribution in [0.25, 0.3) is 0 Å². The highest BCUT2D eigenvalue weighted by Gasteiger charge is 2.16. The summed E-state index contributed by atoms with van der Waals surface area (Å²) >= 11 is 0. The molecule has 0 heteroatoms. The van der Waals surface area contributed by atoms with Crippen molar-refractivity contribution in [2.24, 2.45) is 17.8 Å². The summed E-state index contributed by atoms with van der Waals surface area (Å²) < 4.78 is 0. The molecule has 0 aliphatic heterocycles. The zero-order chi connectivity index (χ0) is 12.4. The van der Waals surface area contributed by atoms with Crippen LogP contribution in [0.5, 0.6) is 0 Å². The van der Waals surface area contributed by atoms with E-state index in [1.807, 2.05) is 0 Å². The van der Waals surface area contributed by atoms with Crippen LogP contribution >= 0.6 is 0 Å². The first kappa shape index (κ1) is 16.0. The van der Waals surface area contributed by atoms with E-state index in [4.69, 9.17) is 0 Å². The lowest BCUT2D eigenvalue weighted by atomic mass is 9.81. The first-order chi connectivity index (χ1) is 7.63. The Hall–Kier alpha value is 0. The molecule has 97 valence electrons. The van der Waals surface area contributed by atoms with Crippen LogP contribution < -0.4 is 0 Å². The second-order valence-corrected chi connectivity index (χ2v) is 5.66. The summed E-state index contributed by atoms with van der Waals surface area (Å²) in [6.45, 7) is 13.5. The van der Waals surface area contributed by atoms with Crippen LogP contribution in [-0.4, -0.2) is 0 Å². The van der Waals surface area contributed by atoms with Gasteiger partial charge < -0.3 is 0 Å². The minimum atomic E-state index is 0.787. The Kier molecular flexibility index (Phi) is 10.2. The quantitative estimate of drug-likeness (QED) is 0.408. The monoisotopic (exact) mass is 225 g/mol. The predicted molar refractivity (Wildman–Crippen MR) is 75.5 cm³/mol. The Morgan fingerprint density at radius 3 is 1.94 bits per heavy atom. The number of rotatable bonds is 10. The highest BCUT2D eigenvalue weighted by Crippen LogP contribution is 2.26. The van der Waals surface area contributed by atoms with Crippen LogP contribution in [-0.2, 0) is 0 Å². The third-order valence-electron chi connectivity index (χ3n) is 4.26. The molecular formula is C16H33. The molecule has 16 heavy (non-hydrogen) atoms. The maximum absolute atomic E-state index is 4.02. The van der Waals surface area contributed by atoms with Gasteiger partial charge in [-0.2, -0.15) is 0 Å². The Balaban J connectivity index is 3.45. The Morgan fingerprint density at radius 2 is 1.38 bits per heavy atom. The number of unbranched alkanes of at least 4 members (excludes halogenated alkanes) is 5. The fourth-order valence-electron chi connectivity index (χ4n) is 2.33. The molecule has 0 aliphatic carbocycles. The van der Waals surface area contributed by atoms with E-state index in [1.54, 1.807) is 0 Å². The summed E-state index contributed by atoms with van der Waals surface area (Å²) in [6.07, 6.45) is 11.0. The second kappa shape index (κ2) is 10.2. The van der Waals surface area contributed by atoms with Crippen molar-refractivity contribution in [2.45, 2.75) is 79.1 Å². The minimum Gasteiger partial charge on any atom is -0.0654 e. The van der Waals surface area contributed by atoms with E-state index in [1.165, 1.54) is 44.9 Å². The molecule has 0 bridgehead atoms. The van der Waals surface area contributed by atoms with Crippen LogP contribution in [0.3, 0.4) is 0 Å². The lowest BCUT2D eigenvalue weighted by molar-refractivity contribution is 0.261. The van der Waals surface area contributed by atoms with Crippen molar-refractivity contribution in [3.05, 3.63) is 6.92 Å². The van der Waals surface area contributed by atoms with E-state index in [0.29, 0.717) is 0 Å². The van der Waals surface area contributed by atoms with Crippen molar-refractivity contribution in [3.8, 4) is 0 Å². The van der Waals surface area contributed by atoms with Gasteiger partial charge in [-0.1, -0.05) is 86.0 Å². The maximum Gasteiger partial charge on any atom is -0.0391 e. The molecule has 0 aromatic rings. The zero-order valence-corrected chi connectivity index (χ0v) is 12.1. The van der Waals surface area contributed by atoms with E-state index in [2.05, 4.69) is 34.6 Å². The molecule has 0 rings (SSSR count). The summed E-state index contributed by atoms with van der Waals surface area (Å²) in [4.78, 5) is 0. The average molecular weight is 225 g/mol. The van der Waals surface area contributed by atoms with Crippen LogP contribution in [0.1, 0.15) is 79.1 Å². The van der Waals surface area contributed by atoms with E-state index < -0.39 is 0 Å². The molecule has 3 unspecified atom stereocenters. The largest absolute Gasteiger partial charge is 0.0654 e. The summed E-state index contributed by atoms with van der Waals surface area (Å²) in [5, 5.41) is 0. The van der Waals surface area contributed by atoms with E-state index in [9.17, 15) is 0 Å². The van der Waals surface area contributed by atoms with Gasteiger partial charge in [0.2, 0.25) is 0 Å². The topological polar surface area (TPSA) is 0 Å².